The van der Waals surface area contributed by atoms with Gasteiger partial charge in [-0.3, -0.25) is 14.4 Å². The lowest BCUT2D eigenvalue weighted by atomic mass is 10.0. The van der Waals surface area contributed by atoms with Crippen molar-refractivity contribution in [3.8, 4) is 0 Å². The number of aryl methyl sites for hydroxylation is 1. The minimum absolute atomic E-state index is 0.0807. The SMILES string of the molecule is CN(Cc1nccs1)[C@@H]1CCCN(c2cnn(C)c2)C1=O. The highest BCUT2D eigenvalue weighted by molar-refractivity contribution is 7.09. The molecule has 0 spiro atoms. The van der Waals surface area contributed by atoms with Gasteiger partial charge in [-0.1, -0.05) is 0 Å². The summed E-state index contributed by atoms with van der Waals surface area (Å²) in [5, 5.41) is 7.17. The molecule has 3 heterocycles. The third kappa shape index (κ3) is 2.98. The van der Waals surface area contributed by atoms with Crippen LogP contribution in [0.25, 0.3) is 0 Å². The van der Waals surface area contributed by atoms with E-state index in [2.05, 4.69) is 15.0 Å². The van der Waals surface area contributed by atoms with E-state index in [1.165, 1.54) is 0 Å². The summed E-state index contributed by atoms with van der Waals surface area (Å²) in [5.74, 6) is 0.160. The van der Waals surface area contributed by atoms with Crippen molar-refractivity contribution < 1.29 is 4.79 Å². The van der Waals surface area contributed by atoms with Gasteiger partial charge in [0.15, 0.2) is 0 Å². The van der Waals surface area contributed by atoms with E-state index in [0.29, 0.717) is 0 Å². The topological polar surface area (TPSA) is 54.3 Å². The fraction of sp³-hybridized carbons (Fsp3) is 0.500. The van der Waals surface area contributed by atoms with Crippen LogP contribution in [0.5, 0.6) is 0 Å². The molecule has 0 N–H and O–H groups in total. The predicted octanol–water partition coefficient (Wildman–Crippen LogP) is 1.50. The molecule has 6 nitrogen and oxygen atoms in total. The Bertz CT molecular complexity index is 609. The van der Waals surface area contributed by atoms with E-state index in [1.54, 1.807) is 28.4 Å². The molecule has 0 aliphatic carbocycles. The Morgan fingerprint density at radius 1 is 1.52 bits per heavy atom. The number of rotatable bonds is 4. The van der Waals surface area contributed by atoms with E-state index in [0.717, 1.165) is 36.6 Å². The van der Waals surface area contributed by atoms with Crippen LogP contribution in [0.1, 0.15) is 17.8 Å². The van der Waals surface area contributed by atoms with Gasteiger partial charge in [-0.25, -0.2) is 4.98 Å². The number of carbonyl (C=O) groups excluding carboxylic acids is 1. The summed E-state index contributed by atoms with van der Waals surface area (Å²) in [6.45, 7) is 1.49. The number of carbonyl (C=O) groups is 1. The molecular formula is C14H19N5OS. The average Bonchev–Trinajstić information content (AvgIpc) is 3.10. The first kappa shape index (κ1) is 14.2. The van der Waals surface area contributed by atoms with Crippen LogP contribution in [0.2, 0.25) is 0 Å². The summed E-state index contributed by atoms with van der Waals surface area (Å²) in [7, 11) is 3.86. The second kappa shape index (κ2) is 5.95. The number of hydrogen-bond acceptors (Lipinski definition) is 5. The van der Waals surface area contributed by atoms with E-state index < -0.39 is 0 Å². The van der Waals surface area contributed by atoms with Crippen LogP contribution >= 0.6 is 11.3 Å². The molecule has 2 aromatic heterocycles. The number of hydrogen-bond donors (Lipinski definition) is 0. The zero-order chi connectivity index (χ0) is 14.8. The molecule has 1 atom stereocenters. The molecular weight excluding hydrogens is 286 g/mol. The molecule has 2 aromatic rings. The van der Waals surface area contributed by atoms with Gasteiger partial charge in [-0.2, -0.15) is 5.10 Å². The van der Waals surface area contributed by atoms with Crippen LogP contribution in [-0.4, -0.2) is 45.2 Å². The van der Waals surface area contributed by atoms with Gasteiger partial charge in [0.25, 0.3) is 0 Å². The second-order valence-corrected chi connectivity index (χ2v) is 6.34. The Morgan fingerprint density at radius 2 is 2.38 bits per heavy atom. The number of amides is 1. The summed E-state index contributed by atoms with van der Waals surface area (Å²) in [6, 6.07) is -0.0807. The Kier molecular flexibility index (Phi) is 4.03. The fourth-order valence-corrected chi connectivity index (χ4v) is 3.40. The van der Waals surface area contributed by atoms with Crippen molar-refractivity contribution in [1.29, 1.82) is 0 Å². The lowest BCUT2D eigenvalue weighted by Crippen LogP contribution is -2.51. The highest BCUT2D eigenvalue weighted by Gasteiger charge is 2.33. The Labute approximate surface area is 128 Å². The fourth-order valence-electron chi connectivity index (χ4n) is 2.72. The summed E-state index contributed by atoms with van der Waals surface area (Å²) in [5.41, 5.74) is 0.884. The van der Waals surface area contributed by atoms with Crippen LogP contribution in [0.4, 0.5) is 5.69 Å². The highest BCUT2D eigenvalue weighted by Crippen LogP contribution is 2.23. The minimum atomic E-state index is -0.0807. The van der Waals surface area contributed by atoms with Crippen molar-refractivity contribution in [3.63, 3.8) is 0 Å². The number of anilines is 1. The van der Waals surface area contributed by atoms with E-state index in [-0.39, 0.29) is 11.9 Å². The molecule has 0 aromatic carbocycles. The summed E-state index contributed by atoms with van der Waals surface area (Å²) in [6.07, 6.45) is 7.35. The first-order valence-electron chi connectivity index (χ1n) is 7.04. The van der Waals surface area contributed by atoms with Crippen LogP contribution in [0, 0.1) is 0 Å². The number of aromatic nitrogens is 3. The number of piperidine rings is 1. The lowest BCUT2D eigenvalue weighted by Gasteiger charge is -2.35. The molecule has 0 saturated carbocycles. The van der Waals surface area contributed by atoms with Gasteiger partial charge in [-0.05, 0) is 19.9 Å². The smallest absolute Gasteiger partial charge is 0.244 e. The lowest BCUT2D eigenvalue weighted by molar-refractivity contribution is -0.125. The maximum atomic E-state index is 12.7. The largest absolute Gasteiger partial charge is 0.308 e. The van der Waals surface area contributed by atoms with E-state index in [4.69, 9.17) is 0 Å². The van der Waals surface area contributed by atoms with Gasteiger partial charge in [-0.15, -0.1) is 11.3 Å². The molecule has 0 bridgehead atoms. The zero-order valence-corrected chi connectivity index (χ0v) is 13.1. The summed E-state index contributed by atoms with van der Waals surface area (Å²) in [4.78, 5) is 21.0. The van der Waals surface area contributed by atoms with Crippen molar-refractivity contribution in [2.24, 2.45) is 7.05 Å². The predicted molar refractivity (Wildman–Crippen MR) is 82.2 cm³/mol. The van der Waals surface area contributed by atoms with Crippen LogP contribution in [0.15, 0.2) is 24.0 Å². The van der Waals surface area contributed by atoms with Gasteiger partial charge in [0.1, 0.15) is 5.01 Å². The van der Waals surface area contributed by atoms with Crippen LogP contribution in [0.3, 0.4) is 0 Å². The molecule has 1 aliphatic rings. The normalized spacial score (nSPS) is 19.5. The molecule has 21 heavy (non-hydrogen) atoms. The van der Waals surface area contributed by atoms with Gasteiger partial charge in [0.2, 0.25) is 5.91 Å². The van der Waals surface area contributed by atoms with Crippen LogP contribution < -0.4 is 4.90 Å². The maximum absolute atomic E-state index is 12.7. The summed E-state index contributed by atoms with van der Waals surface area (Å²) >= 11 is 1.63. The third-order valence-electron chi connectivity index (χ3n) is 3.81. The van der Waals surface area contributed by atoms with E-state index >= 15 is 0 Å². The Balaban J connectivity index is 1.72. The first-order chi connectivity index (χ1) is 10.1. The van der Waals surface area contributed by atoms with Crippen molar-refractivity contribution in [1.82, 2.24) is 19.7 Å². The highest BCUT2D eigenvalue weighted by atomic mass is 32.1. The van der Waals surface area contributed by atoms with E-state index in [9.17, 15) is 4.79 Å². The standard InChI is InChI=1S/C14H19N5OS/c1-17(10-13-15-5-7-21-13)12-4-3-6-19(14(12)20)11-8-16-18(2)9-11/h5,7-9,12H,3-4,6,10H2,1-2H3/t12-/m1/s1. The van der Waals surface area contributed by atoms with E-state index in [1.807, 2.05) is 30.6 Å². The number of thiazole rings is 1. The molecule has 0 unspecified atom stereocenters. The minimum Gasteiger partial charge on any atom is -0.308 e. The monoisotopic (exact) mass is 305 g/mol. The number of nitrogens with zero attached hydrogens (tertiary/aromatic N) is 5. The molecule has 112 valence electrons. The molecule has 1 amide bonds. The first-order valence-corrected chi connectivity index (χ1v) is 7.92. The van der Waals surface area contributed by atoms with Crippen molar-refractivity contribution in [2.45, 2.75) is 25.4 Å². The van der Waals surface area contributed by atoms with Gasteiger partial charge >= 0.3 is 0 Å². The number of likely N-dealkylation sites (N-methyl/N-ethyl adjacent to an activating group) is 1. The summed E-state index contributed by atoms with van der Waals surface area (Å²) < 4.78 is 1.73. The molecule has 7 heteroatoms. The Morgan fingerprint density at radius 3 is 3.05 bits per heavy atom. The van der Waals surface area contributed by atoms with Crippen molar-refractivity contribution >= 4 is 22.9 Å². The molecule has 1 saturated heterocycles. The molecule has 1 fully saturated rings. The van der Waals surface area contributed by atoms with Gasteiger partial charge in [0.05, 0.1) is 24.5 Å². The quantitative estimate of drug-likeness (QED) is 0.859. The Hall–Kier alpha value is -1.73. The maximum Gasteiger partial charge on any atom is 0.244 e. The second-order valence-electron chi connectivity index (χ2n) is 5.36. The average molecular weight is 305 g/mol. The van der Waals surface area contributed by atoms with Crippen molar-refractivity contribution in [2.75, 3.05) is 18.5 Å². The molecule has 0 radical (unpaired) electrons. The molecule has 1 aliphatic heterocycles. The van der Waals surface area contributed by atoms with Crippen molar-refractivity contribution in [3.05, 3.63) is 29.0 Å². The van der Waals surface area contributed by atoms with Gasteiger partial charge in [0, 0.05) is 31.4 Å². The van der Waals surface area contributed by atoms with Crippen LogP contribution in [-0.2, 0) is 18.4 Å². The third-order valence-corrected chi connectivity index (χ3v) is 4.58. The zero-order valence-electron chi connectivity index (χ0n) is 12.3. The molecule has 3 rings (SSSR count). The van der Waals surface area contributed by atoms with Gasteiger partial charge < -0.3 is 4.90 Å².